The average molecular weight is 426 g/mol. The first-order valence-corrected chi connectivity index (χ1v) is 11.7. The highest BCUT2D eigenvalue weighted by atomic mass is 32.2. The number of nitriles is 1. The highest BCUT2D eigenvalue weighted by Gasteiger charge is 2.32. The zero-order valence-electron chi connectivity index (χ0n) is 17.1. The Labute approximate surface area is 178 Å². The summed E-state index contributed by atoms with van der Waals surface area (Å²) in [7, 11) is -3.61. The number of aryl methyl sites for hydroxylation is 1. The van der Waals surface area contributed by atoms with E-state index in [4.69, 9.17) is 5.26 Å². The Balaban J connectivity index is 1.49. The molecule has 1 amide bonds. The second kappa shape index (κ2) is 9.88. The van der Waals surface area contributed by atoms with Gasteiger partial charge in [-0.2, -0.15) is 9.57 Å². The van der Waals surface area contributed by atoms with Crippen molar-refractivity contribution in [2.24, 2.45) is 5.92 Å². The van der Waals surface area contributed by atoms with Crippen LogP contribution in [0.15, 0.2) is 59.5 Å². The molecular formula is C23H27N3O3S. The van der Waals surface area contributed by atoms with E-state index in [0.717, 1.165) is 12.8 Å². The van der Waals surface area contributed by atoms with Crippen molar-refractivity contribution in [2.75, 3.05) is 13.1 Å². The van der Waals surface area contributed by atoms with Crippen molar-refractivity contribution in [1.29, 1.82) is 5.26 Å². The number of nitrogens with zero attached hydrogens (tertiary/aromatic N) is 2. The van der Waals surface area contributed by atoms with Gasteiger partial charge in [0.25, 0.3) is 0 Å². The van der Waals surface area contributed by atoms with Gasteiger partial charge >= 0.3 is 0 Å². The maximum Gasteiger partial charge on any atom is 0.243 e. The number of sulfonamides is 1. The predicted molar refractivity (Wildman–Crippen MR) is 115 cm³/mol. The summed E-state index contributed by atoms with van der Waals surface area (Å²) in [6.07, 6.45) is 2.78. The lowest BCUT2D eigenvalue weighted by Crippen LogP contribution is -2.44. The third kappa shape index (κ3) is 5.47. The second-order valence-corrected chi connectivity index (χ2v) is 9.69. The van der Waals surface area contributed by atoms with Gasteiger partial charge in [0.1, 0.15) is 0 Å². The van der Waals surface area contributed by atoms with Gasteiger partial charge in [-0.1, -0.05) is 30.3 Å². The minimum atomic E-state index is -3.61. The molecule has 30 heavy (non-hydrogen) atoms. The van der Waals surface area contributed by atoms with Gasteiger partial charge in [0, 0.05) is 25.0 Å². The van der Waals surface area contributed by atoms with Crippen LogP contribution >= 0.6 is 0 Å². The molecule has 6 nitrogen and oxygen atoms in total. The molecular weight excluding hydrogens is 398 g/mol. The van der Waals surface area contributed by atoms with Crippen LogP contribution in [0.1, 0.15) is 37.3 Å². The molecule has 2 aromatic carbocycles. The van der Waals surface area contributed by atoms with Crippen molar-refractivity contribution in [2.45, 2.75) is 43.5 Å². The Bertz CT molecular complexity index is 990. The van der Waals surface area contributed by atoms with Gasteiger partial charge in [0.05, 0.1) is 16.5 Å². The molecule has 0 saturated carbocycles. The number of hydrogen-bond donors (Lipinski definition) is 1. The molecule has 7 heteroatoms. The maximum absolute atomic E-state index is 12.8. The molecule has 1 heterocycles. The summed E-state index contributed by atoms with van der Waals surface area (Å²) in [5.41, 5.74) is 1.67. The molecule has 1 aliphatic rings. The number of carbonyl (C=O) groups excluding carboxylic acids is 1. The molecule has 0 aliphatic carbocycles. The molecule has 0 spiro atoms. The summed E-state index contributed by atoms with van der Waals surface area (Å²) >= 11 is 0. The Morgan fingerprint density at radius 3 is 2.37 bits per heavy atom. The van der Waals surface area contributed by atoms with Gasteiger partial charge in [0.15, 0.2) is 0 Å². The van der Waals surface area contributed by atoms with Crippen LogP contribution in [0.3, 0.4) is 0 Å². The summed E-state index contributed by atoms with van der Waals surface area (Å²) in [5, 5.41) is 11.9. The highest BCUT2D eigenvalue weighted by Crippen LogP contribution is 2.24. The molecule has 1 N–H and O–H groups in total. The summed E-state index contributed by atoms with van der Waals surface area (Å²) < 4.78 is 27.0. The molecule has 158 valence electrons. The second-order valence-electron chi connectivity index (χ2n) is 7.75. The van der Waals surface area contributed by atoms with E-state index in [2.05, 4.69) is 17.4 Å². The number of rotatable bonds is 7. The summed E-state index contributed by atoms with van der Waals surface area (Å²) in [5.74, 6) is -0.164. The van der Waals surface area contributed by atoms with E-state index < -0.39 is 10.0 Å². The lowest BCUT2D eigenvalue weighted by atomic mass is 9.96. The van der Waals surface area contributed by atoms with E-state index in [1.807, 2.05) is 31.2 Å². The first-order valence-electron chi connectivity index (χ1n) is 10.2. The summed E-state index contributed by atoms with van der Waals surface area (Å²) in [6, 6.07) is 18.2. The van der Waals surface area contributed by atoms with Crippen LogP contribution in [0, 0.1) is 17.2 Å². The van der Waals surface area contributed by atoms with E-state index in [9.17, 15) is 13.2 Å². The Morgan fingerprint density at radius 2 is 1.77 bits per heavy atom. The first-order chi connectivity index (χ1) is 14.4. The van der Waals surface area contributed by atoms with E-state index in [-0.39, 0.29) is 22.8 Å². The number of amides is 1. The SMILES string of the molecule is C[C@@H](CCc1ccccc1)NC(=O)C1CCN(S(=O)(=O)c2ccc(C#N)cc2)CC1. The Kier molecular flexibility index (Phi) is 7.24. The fourth-order valence-electron chi connectivity index (χ4n) is 3.67. The molecule has 1 aliphatic heterocycles. The Hall–Kier alpha value is -2.69. The molecule has 0 radical (unpaired) electrons. The zero-order valence-corrected chi connectivity index (χ0v) is 17.9. The molecule has 0 unspecified atom stereocenters. The van der Waals surface area contributed by atoms with Crippen LogP contribution in [0.2, 0.25) is 0 Å². The number of hydrogen-bond acceptors (Lipinski definition) is 4. The van der Waals surface area contributed by atoms with Gasteiger partial charge in [-0.25, -0.2) is 8.42 Å². The van der Waals surface area contributed by atoms with Crippen molar-refractivity contribution >= 4 is 15.9 Å². The number of piperidine rings is 1. The lowest BCUT2D eigenvalue weighted by Gasteiger charge is -2.31. The fourth-order valence-corrected chi connectivity index (χ4v) is 5.14. The molecule has 3 rings (SSSR count). The third-order valence-electron chi connectivity index (χ3n) is 5.54. The highest BCUT2D eigenvalue weighted by molar-refractivity contribution is 7.89. The largest absolute Gasteiger partial charge is 0.353 e. The van der Waals surface area contributed by atoms with Crippen LogP contribution in [0.4, 0.5) is 0 Å². The van der Waals surface area contributed by atoms with Crippen LogP contribution in [-0.2, 0) is 21.2 Å². The van der Waals surface area contributed by atoms with Crippen LogP contribution in [0.5, 0.6) is 0 Å². The van der Waals surface area contributed by atoms with E-state index >= 15 is 0 Å². The minimum absolute atomic E-state index is 0.00554. The molecule has 1 saturated heterocycles. The van der Waals surface area contributed by atoms with Crippen molar-refractivity contribution in [3.8, 4) is 6.07 Å². The molecule has 0 bridgehead atoms. The summed E-state index contributed by atoms with van der Waals surface area (Å²) in [6.45, 7) is 2.64. The Morgan fingerprint density at radius 1 is 1.13 bits per heavy atom. The van der Waals surface area contributed by atoms with Crippen LogP contribution in [0.25, 0.3) is 0 Å². The van der Waals surface area contributed by atoms with E-state index in [1.165, 1.54) is 34.1 Å². The predicted octanol–water partition coefficient (Wildman–Crippen LogP) is 3.10. The molecule has 1 fully saturated rings. The number of benzene rings is 2. The zero-order chi connectivity index (χ0) is 21.6. The van der Waals surface area contributed by atoms with Gasteiger partial charge in [-0.15, -0.1) is 0 Å². The topological polar surface area (TPSA) is 90.3 Å². The maximum atomic E-state index is 12.8. The van der Waals surface area contributed by atoms with Crippen LogP contribution < -0.4 is 5.32 Å². The number of nitrogens with one attached hydrogen (secondary N) is 1. The lowest BCUT2D eigenvalue weighted by molar-refractivity contribution is -0.126. The quantitative estimate of drug-likeness (QED) is 0.738. The first kappa shape index (κ1) is 22.0. The smallest absolute Gasteiger partial charge is 0.243 e. The third-order valence-corrected chi connectivity index (χ3v) is 7.46. The van der Waals surface area contributed by atoms with Crippen molar-refractivity contribution in [3.63, 3.8) is 0 Å². The van der Waals surface area contributed by atoms with Crippen molar-refractivity contribution < 1.29 is 13.2 Å². The van der Waals surface area contributed by atoms with Crippen LogP contribution in [-0.4, -0.2) is 37.8 Å². The molecule has 1 atom stereocenters. The van der Waals surface area contributed by atoms with Gasteiger partial charge in [-0.3, -0.25) is 4.79 Å². The van der Waals surface area contributed by atoms with Gasteiger partial charge < -0.3 is 5.32 Å². The van der Waals surface area contributed by atoms with Crippen molar-refractivity contribution in [3.05, 3.63) is 65.7 Å². The molecule has 2 aromatic rings. The average Bonchev–Trinajstić information content (AvgIpc) is 2.78. The van der Waals surface area contributed by atoms with E-state index in [0.29, 0.717) is 31.5 Å². The van der Waals surface area contributed by atoms with Crippen molar-refractivity contribution in [1.82, 2.24) is 9.62 Å². The standard InChI is InChI=1S/C23H27N3O3S/c1-18(7-8-19-5-3-2-4-6-19)25-23(27)21-13-15-26(16-14-21)30(28,29)22-11-9-20(17-24)10-12-22/h2-6,9-12,18,21H,7-8,13-16H2,1H3,(H,25,27)/t18-/m0/s1. The molecule has 0 aromatic heterocycles. The monoisotopic (exact) mass is 425 g/mol. The number of carbonyl (C=O) groups is 1. The normalized spacial score (nSPS) is 16.5. The van der Waals surface area contributed by atoms with E-state index in [1.54, 1.807) is 0 Å². The minimum Gasteiger partial charge on any atom is -0.353 e. The van der Waals surface area contributed by atoms with Gasteiger partial charge in [0.2, 0.25) is 15.9 Å². The van der Waals surface area contributed by atoms with Gasteiger partial charge in [-0.05, 0) is 62.4 Å². The summed E-state index contributed by atoms with van der Waals surface area (Å²) in [4.78, 5) is 12.8. The fraction of sp³-hybridized carbons (Fsp3) is 0.391.